The van der Waals surface area contributed by atoms with E-state index in [1.807, 2.05) is 6.92 Å². The molecule has 0 N–H and O–H groups in total. The van der Waals surface area contributed by atoms with Crippen molar-refractivity contribution in [3.05, 3.63) is 36.0 Å². The first-order valence-corrected chi connectivity index (χ1v) is 4.09. The molecule has 0 aromatic carbocycles. The number of carbonyl (C=O) groups excluding carboxylic acids is 1. The quantitative estimate of drug-likeness (QED) is 0.653. The van der Waals surface area contributed by atoms with Crippen LogP contribution in [0.1, 0.15) is 16.1 Å². The summed E-state index contributed by atoms with van der Waals surface area (Å²) < 4.78 is 1.60. The average Bonchev–Trinajstić information content (AvgIpc) is 2.61. The lowest BCUT2D eigenvalue weighted by Gasteiger charge is -2.01. The number of aldehydes is 1. The van der Waals surface area contributed by atoms with Gasteiger partial charge in [0.05, 0.1) is 17.5 Å². The van der Waals surface area contributed by atoms with Crippen molar-refractivity contribution in [1.82, 2.24) is 19.7 Å². The Hall–Kier alpha value is -2.04. The van der Waals surface area contributed by atoms with E-state index >= 15 is 0 Å². The lowest BCUT2D eigenvalue weighted by atomic mass is 10.3. The first-order chi connectivity index (χ1) is 6.83. The summed E-state index contributed by atoms with van der Waals surface area (Å²) in [6.07, 6.45) is 5.37. The summed E-state index contributed by atoms with van der Waals surface area (Å²) in [6, 6.07) is 1.73. The molecule has 70 valence electrons. The van der Waals surface area contributed by atoms with Gasteiger partial charge in [-0.3, -0.25) is 4.79 Å². The summed E-state index contributed by atoms with van der Waals surface area (Å²) in [6.45, 7) is 1.82. The fourth-order valence-corrected chi connectivity index (χ4v) is 1.18. The molecule has 5 heteroatoms. The lowest BCUT2D eigenvalue weighted by Crippen LogP contribution is -2.01. The van der Waals surface area contributed by atoms with Crippen LogP contribution in [0.4, 0.5) is 0 Å². The molecule has 0 unspecified atom stereocenters. The van der Waals surface area contributed by atoms with Crippen LogP contribution in [-0.4, -0.2) is 26.0 Å². The minimum absolute atomic E-state index is 0.573. The van der Waals surface area contributed by atoms with Crippen molar-refractivity contribution in [3.63, 3.8) is 0 Å². The Labute approximate surface area is 80.4 Å². The highest BCUT2D eigenvalue weighted by Gasteiger charge is 2.06. The van der Waals surface area contributed by atoms with Crippen LogP contribution in [0, 0.1) is 6.92 Å². The summed E-state index contributed by atoms with van der Waals surface area (Å²) >= 11 is 0. The smallest absolute Gasteiger partial charge is 0.156 e. The third-order valence-electron chi connectivity index (χ3n) is 1.96. The number of rotatable bonds is 2. The van der Waals surface area contributed by atoms with E-state index in [4.69, 9.17) is 0 Å². The number of carbonyl (C=O) groups is 1. The molecule has 0 bridgehead atoms. The van der Waals surface area contributed by atoms with Crippen molar-refractivity contribution >= 4 is 6.29 Å². The zero-order valence-electron chi connectivity index (χ0n) is 7.58. The molecule has 0 aliphatic heterocycles. The molecule has 2 aromatic heterocycles. The number of aromatic nitrogens is 4. The van der Waals surface area contributed by atoms with Gasteiger partial charge < -0.3 is 0 Å². The standard InChI is InChI=1S/C9H8N4O/c1-7-8(5-14)4-12-13(7)9-2-3-10-6-11-9/h2-6H,1H3. The Morgan fingerprint density at radius 1 is 1.50 bits per heavy atom. The normalized spacial score (nSPS) is 10.1. The van der Waals surface area contributed by atoms with Crippen LogP contribution in [0.3, 0.4) is 0 Å². The molecule has 0 radical (unpaired) electrons. The average molecular weight is 188 g/mol. The van der Waals surface area contributed by atoms with Crippen molar-refractivity contribution in [1.29, 1.82) is 0 Å². The minimum atomic E-state index is 0.573. The van der Waals surface area contributed by atoms with E-state index in [-0.39, 0.29) is 0 Å². The maximum Gasteiger partial charge on any atom is 0.156 e. The van der Waals surface area contributed by atoms with Gasteiger partial charge in [0.15, 0.2) is 12.1 Å². The molecule has 0 spiro atoms. The monoisotopic (exact) mass is 188 g/mol. The third-order valence-corrected chi connectivity index (χ3v) is 1.96. The summed E-state index contributed by atoms with van der Waals surface area (Å²) in [7, 11) is 0. The van der Waals surface area contributed by atoms with Gasteiger partial charge in [0, 0.05) is 12.3 Å². The van der Waals surface area contributed by atoms with Gasteiger partial charge in [0.1, 0.15) is 6.33 Å². The first kappa shape index (κ1) is 8.55. The molecule has 0 aliphatic carbocycles. The van der Waals surface area contributed by atoms with E-state index in [0.29, 0.717) is 11.4 Å². The highest BCUT2D eigenvalue weighted by molar-refractivity contribution is 5.76. The van der Waals surface area contributed by atoms with Crippen LogP contribution in [0.2, 0.25) is 0 Å². The van der Waals surface area contributed by atoms with Crippen LogP contribution in [0.15, 0.2) is 24.8 Å². The Morgan fingerprint density at radius 3 is 2.93 bits per heavy atom. The van der Waals surface area contributed by atoms with E-state index in [2.05, 4.69) is 15.1 Å². The molecule has 0 saturated heterocycles. The highest BCUT2D eigenvalue weighted by Crippen LogP contribution is 2.09. The molecular formula is C9H8N4O. The van der Waals surface area contributed by atoms with Gasteiger partial charge >= 0.3 is 0 Å². The van der Waals surface area contributed by atoms with E-state index < -0.39 is 0 Å². The second-order valence-electron chi connectivity index (χ2n) is 2.78. The second-order valence-corrected chi connectivity index (χ2v) is 2.78. The number of nitrogens with zero attached hydrogens (tertiary/aromatic N) is 4. The molecule has 5 nitrogen and oxygen atoms in total. The Bertz CT molecular complexity index is 449. The predicted molar refractivity (Wildman–Crippen MR) is 49.3 cm³/mol. The molecule has 0 amide bonds. The molecule has 0 atom stereocenters. The van der Waals surface area contributed by atoms with Gasteiger partial charge in [0.25, 0.3) is 0 Å². The summed E-state index contributed by atoms with van der Waals surface area (Å²) in [4.78, 5) is 18.4. The molecule has 2 aromatic rings. The zero-order valence-corrected chi connectivity index (χ0v) is 7.58. The van der Waals surface area contributed by atoms with Gasteiger partial charge in [-0.1, -0.05) is 0 Å². The molecular weight excluding hydrogens is 180 g/mol. The van der Waals surface area contributed by atoms with Crippen molar-refractivity contribution in [2.45, 2.75) is 6.92 Å². The zero-order chi connectivity index (χ0) is 9.97. The van der Waals surface area contributed by atoms with Crippen LogP contribution < -0.4 is 0 Å². The van der Waals surface area contributed by atoms with Crippen molar-refractivity contribution in [2.75, 3.05) is 0 Å². The van der Waals surface area contributed by atoms with Crippen molar-refractivity contribution < 1.29 is 4.79 Å². The maximum atomic E-state index is 10.6. The topological polar surface area (TPSA) is 60.7 Å². The van der Waals surface area contributed by atoms with E-state index in [0.717, 1.165) is 12.0 Å². The molecule has 0 aliphatic rings. The van der Waals surface area contributed by atoms with Gasteiger partial charge in [-0.25, -0.2) is 14.6 Å². The van der Waals surface area contributed by atoms with E-state index in [9.17, 15) is 4.79 Å². The number of hydrogen-bond acceptors (Lipinski definition) is 4. The molecule has 2 rings (SSSR count). The van der Waals surface area contributed by atoms with Crippen LogP contribution in [0.25, 0.3) is 5.82 Å². The Balaban J connectivity index is 2.53. The van der Waals surface area contributed by atoms with E-state index in [1.165, 1.54) is 12.5 Å². The largest absolute Gasteiger partial charge is 0.298 e. The van der Waals surface area contributed by atoms with Gasteiger partial charge in [-0.15, -0.1) is 0 Å². The SMILES string of the molecule is Cc1c(C=O)cnn1-c1ccncn1. The molecule has 0 fully saturated rings. The Kier molecular flexibility index (Phi) is 2.06. The van der Waals surface area contributed by atoms with Crippen LogP contribution >= 0.6 is 0 Å². The first-order valence-electron chi connectivity index (χ1n) is 4.09. The number of hydrogen-bond donors (Lipinski definition) is 0. The highest BCUT2D eigenvalue weighted by atomic mass is 16.1. The summed E-state index contributed by atoms with van der Waals surface area (Å²) in [5.74, 6) is 0.658. The minimum Gasteiger partial charge on any atom is -0.298 e. The van der Waals surface area contributed by atoms with E-state index in [1.54, 1.807) is 16.9 Å². The fourth-order valence-electron chi connectivity index (χ4n) is 1.18. The fraction of sp³-hybridized carbons (Fsp3) is 0.111. The second kappa shape index (κ2) is 3.37. The predicted octanol–water partition coefficient (Wildman–Crippen LogP) is 0.783. The maximum absolute atomic E-state index is 10.6. The Morgan fingerprint density at radius 2 is 2.36 bits per heavy atom. The van der Waals surface area contributed by atoms with Crippen molar-refractivity contribution in [2.24, 2.45) is 0 Å². The lowest BCUT2D eigenvalue weighted by molar-refractivity contribution is 0.112. The molecule has 2 heterocycles. The van der Waals surface area contributed by atoms with Gasteiger partial charge in [0.2, 0.25) is 0 Å². The third kappa shape index (κ3) is 1.28. The summed E-state index contributed by atoms with van der Waals surface area (Å²) in [5.41, 5.74) is 1.35. The summed E-state index contributed by atoms with van der Waals surface area (Å²) in [5, 5.41) is 4.05. The van der Waals surface area contributed by atoms with Crippen LogP contribution in [-0.2, 0) is 0 Å². The van der Waals surface area contributed by atoms with Gasteiger partial charge in [-0.05, 0) is 6.92 Å². The van der Waals surface area contributed by atoms with Crippen LogP contribution in [0.5, 0.6) is 0 Å². The van der Waals surface area contributed by atoms with Crippen molar-refractivity contribution in [3.8, 4) is 5.82 Å². The molecule has 14 heavy (non-hydrogen) atoms. The van der Waals surface area contributed by atoms with Gasteiger partial charge in [-0.2, -0.15) is 5.10 Å². The molecule has 0 saturated carbocycles.